The van der Waals surface area contributed by atoms with Gasteiger partial charge in [0.1, 0.15) is 5.54 Å². The Hall–Kier alpha value is -2.44. The van der Waals surface area contributed by atoms with Gasteiger partial charge in [-0.2, -0.15) is 0 Å². The summed E-state index contributed by atoms with van der Waals surface area (Å²) >= 11 is 0. The highest BCUT2D eigenvalue weighted by Crippen LogP contribution is 2.40. The zero-order chi connectivity index (χ0) is 20.8. The molecule has 1 aliphatic carbocycles. The fourth-order valence-electron chi connectivity index (χ4n) is 4.54. The van der Waals surface area contributed by atoms with Crippen LogP contribution in [0.25, 0.3) is 0 Å². The van der Waals surface area contributed by atoms with Crippen molar-refractivity contribution in [1.82, 2.24) is 19.7 Å². The van der Waals surface area contributed by atoms with E-state index >= 15 is 0 Å². The molecule has 1 aromatic heterocycles. The lowest BCUT2D eigenvalue weighted by Crippen LogP contribution is -2.58. The second kappa shape index (κ2) is 7.43. The molecule has 0 unspecified atom stereocenters. The number of likely N-dealkylation sites (tertiary alicyclic amines) is 1. The van der Waals surface area contributed by atoms with Gasteiger partial charge >= 0.3 is 6.03 Å². The average molecular weight is 399 g/mol. The monoisotopic (exact) mass is 398 g/mol. The molecule has 4 amide bonds. The van der Waals surface area contributed by atoms with Gasteiger partial charge in [-0.3, -0.25) is 19.5 Å². The molecular formula is C22H30N4O3. The van der Waals surface area contributed by atoms with E-state index in [1.807, 2.05) is 13.0 Å². The lowest BCUT2D eigenvalue weighted by molar-refractivity contribution is -0.135. The number of hydrogen-bond acceptors (Lipinski definition) is 4. The van der Waals surface area contributed by atoms with Crippen LogP contribution in [0.4, 0.5) is 4.79 Å². The van der Waals surface area contributed by atoms with Gasteiger partial charge in [0.15, 0.2) is 0 Å². The van der Waals surface area contributed by atoms with Crippen molar-refractivity contribution in [2.75, 3.05) is 26.2 Å². The second-order valence-corrected chi connectivity index (χ2v) is 9.22. The summed E-state index contributed by atoms with van der Waals surface area (Å²) in [5.41, 5.74) is 0.724. The van der Waals surface area contributed by atoms with Gasteiger partial charge in [-0.15, -0.1) is 0 Å². The van der Waals surface area contributed by atoms with Gasteiger partial charge < -0.3 is 9.80 Å². The minimum atomic E-state index is -0.794. The largest absolute Gasteiger partial charge is 0.338 e. The number of piperidine rings is 1. The van der Waals surface area contributed by atoms with Gasteiger partial charge in [0.05, 0.1) is 5.56 Å². The summed E-state index contributed by atoms with van der Waals surface area (Å²) < 4.78 is 0. The zero-order valence-corrected chi connectivity index (χ0v) is 17.6. The van der Waals surface area contributed by atoms with Crippen LogP contribution in [-0.2, 0) is 4.79 Å². The molecule has 7 heteroatoms. The van der Waals surface area contributed by atoms with Crippen LogP contribution < -0.4 is 0 Å². The quantitative estimate of drug-likeness (QED) is 0.715. The molecule has 0 bridgehead atoms. The molecule has 1 saturated carbocycles. The van der Waals surface area contributed by atoms with E-state index in [1.165, 1.54) is 4.90 Å². The highest BCUT2D eigenvalue weighted by atomic mass is 16.2. The molecule has 29 heavy (non-hydrogen) atoms. The Morgan fingerprint density at radius 2 is 1.90 bits per heavy atom. The topological polar surface area (TPSA) is 73.8 Å². The minimum absolute atomic E-state index is 0.0561. The molecular weight excluding hydrogens is 368 g/mol. The Kier molecular flexibility index (Phi) is 5.09. The van der Waals surface area contributed by atoms with Gasteiger partial charge in [-0.05, 0) is 56.1 Å². The van der Waals surface area contributed by atoms with Crippen LogP contribution in [0, 0.1) is 18.8 Å². The molecule has 3 heterocycles. The molecule has 156 valence electrons. The van der Waals surface area contributed by atoms with Crippen molar-refractivity contribution in [2.45, 2.75) is 52.0 Å². The Morgan fingerprint density at radius 3 is 2.48 bits per heavy atom. The zero-order valence-electron chi connectivity index (χ0n) is 17.6. The molecule has 1 spiro atoms. The number of pyridine rings is 1. The average Bonchev–Trinajstić information content (AvgIpc) is 3.50. The lowest BCUT2D eigenvalue weighted by atomic mass is 9.85. The number of urea groups is 1. The number of aromatic nitrogens is 1. The summed E-state index contributed by atoms with van der Waals surface area (Å²) in [6.45, 7) is 8.11. The summed E-state index contributed by atoms with van der Waals surface area (Å²) in [5, 5.41) is 0. The maximum atomic E-state index is 13.4. The van der Waals surface area contributed by atoms with Crippen LogP contribution in [0.1, 0.15) is 55.5 Å². The molecule has 0 aromatic carbocycles. The van der Waals surface area contributed by atoms with Crippen LogP contribution in [0.3, 0.4) is 0 Å². The Balaban J connectivity index is 1.52. The molecule has 3 aliphatic rings. The number of nitrogens with zero attached hydrogens (tertiary/aromatic N) is 4. The number of carbonyl (C=O) groups is 3. The number of amides is 4. The van der Waals surface area contributed by atoms with Crippen molar-refractivity contribution in [3.05, 3.63) is 29.6 Å². The first-order valence-electron chi connectivity index (χ1n) is 10.7. The normalized spacial score (nSPS) is 21.6. The van der Waals surface area contributed by atoms with Crippen LogP contribution >= 0.6 is 0 Å². The van der Waals surface area contributed by atoms with Crippen LogP contribution in [0.15, 0.2) is 18.5 Å². The molecule has 7 nitrogen and oxygen atoms in total. The number of aryl methyl sites for hydroxylation is 1. The smallest absolute Gasteiger partial charge is 0.327 e. The van der Waals surface area contributed by atoms with Crippen molar-refractivity contribution in [3.63, 3.8) is 0 Å². The predicted octanol–water partition coefficient (Wildman–Crippen LogP) is 2.70. The van der Waals surface area contributed by atoms with Crippen molar-refractivity contribution in [2.24, 2.45) is 11.8 Å². The fourth-order valence-corrected chi connectivity index (χ4v) is 4.54. The van der Waals surface area contributed by atoms with Crippen LogP contribution in [-0.4, -0.2) is 69.2 Å². The number of imide groups is 1. The molecule has 1 aromatic rings. The van der Waals surface area contributed by atoms with E-state index < -0.39 is 5.54 Å². The minimum Gasteiger partial charge on any atom is -0.338 e. The molecule has 3 fully saturated rings. The maximum Gasteiger partial charge on any atom is 0.327 e. The van der Waals surface area contributed by atoms with Crippen LogP contribution in [0.2, 0.25) is 0 Å². The standard InChI is InChI=1S/C22H30N4O3/c1-15(2)13-26-21(29)25(14-17-4-5-17)20(28)22(26)6-8-24(9-7-22)19(27)18-10-16(3)11-23-12-18/h10-12,15,17H,4-9,13-14H2,1-3H3. The summed E-state index contributed by atoms with van der Waals surface area (Å²) in [6, 6.07) is 1.70. The van der Waals surface area contributed by atoms with Crippen molar-refractivity contribution >= 4 is 17.8 Å². The van der Waals surface area contributed by atoms with E-state index in [4.69, 9.17) is 0 Å². The number of carbonyl (C=O) groups excluding carboxylic acids is 3. The highest BCUT2D eigenvalue weighted by Gasteiger charge is 2.58. The van der Waals surface area contributed by atoms with Gasteiger partial charge in [-0.25, -0.2) is 4.79 Å². The molecule has 0 radical (unpaired) electrons. The SMILES string of the molecule is Cc1cncc(C(=O)N2CCC3(CC2)C(=O)N(CC2CC2)C(=O)N3CC(C)C)c1. The highest BCUT2D eigenvalue weighted by molar-refractivity contribution is 6.07. The number of rotatable bonds is 5. The third-order valence-electron chi connectivity index (χ3n) is 6.31. The Morgan fingerprint density at radius 1 is 1.21 bits per heavy atom. The molecule has 0 N–H and O–H groups in total. The number of hydrogen-bond donors (Lipinski definition) is 0. The van der Waals surface area contributed by atoms with Gasteiger partial charge in [-0.1, -0.05) is 13.8 Å². The summed E-state index contributed by atoms with van der Waals surface area (Å²) in [4.78, 5) is 48.6. The van der Waals surface area contributed by atoms with E-state index in [9.17, 15) is 14.4 Å². The van der Waals surface area contributed by atoms with E-state index in [0.29, 0.717) is 50.5 Å². The summed E-state index contributed by atoms with van der Waals surface area (Å²) in [6.07, 6.45) is 6.50. The molecule has 0 atom stereocenters. The first kappa shape index (κ1) is 19.9. The first-order valence-corrected chi connectivity index (χ1v) is 10.7. The van der Waals surface area contributed by atoms with Gasteiger partial charge in [0, 0.05) is 38.6 Å². The molecule has 2 aliphatic heterocycles. The second-order valence-electron chi connectivity index (χ2n) is 9.22. The Labute approximate surface area is 172 Å². The fraction of sp³-hybridized carbons (Fsp3) is 0.636. The third-order valence-corrected chi connectivity index (χ3v) is 6.31. The van der Waals surface area contributed by atoms with E-state index in [0.717, 1.165) is 18.4 Å². The van der Waals surface area contributed by atoms with E-state index in [1.54, 1.807) is 22.2 Å². The summed E-state index contributed by atoms with van der Waals surface area (Å²) in [7, 11) is 0. The summed E-state index contributed by atoms with van der Waals surface area (Å²) in [5.74, 6) is 0.634. The van der Waals surface area contributed by atoms with E-state index in [-0.39, 0.29) is 23.8 Å². The van der Waals surface area contributed by atoms with Crippen LogP contribution in [0.5, 0.6) is 0 Å². The third kappa shape index (κ3) is 3.63. The first-order chi connectivity index (χ1) is 13.8. The lowest BCUT2D eigenvalue weighted by Gasteiger charge is -2.42. The predicted molar refractivity (Wildman–Crippen MR) is 108 cm³/mol. The van der Waals surface area contributed by atoms with E-state index in [2.05, 4.69) is 18.8 Å². The maximum absolute atomic E-state index is 13.4. The van der Waals surface area contributed by atoms with Crippen molar-refractivity contribution in [1.29, 1.82) is 0 Å². The Bertz CT molecular complexity index is 825. The van der Waals surface area contributed by atoms with Crippen molar-refractivity contribution in [3.8, 4) is 0 Å². The molecule has 2 saturated heterocycles. The molecule has 4 rings (SSSR count). The van der Waals surface area contributed by atoms with Gasteiger partial charge in [0.2, 0.25) is 0 Å². The van der Waals surface area contributed by atoms with Gasteiger partial charge in [0.25, 0.3) is 11.8 Å². The van der Waals surface area contributed by atoms with Crippen molar-refractivity contribution < 1.29 is 14.4 Å².